The molecule has 0 aliphatic carbocycles. The van der Waals surface area contributed by atoms with Gasteiger partial charge in [0, 0.05) is 5.39 Å². The highest BCUT2D eigenvalue weighted by Gasteiger charge is 2.15. The van der Waals surface area contributed by atoms with Gasteiger partial charge < -0.3 is 10.6 Å². The van der Waals surface area contributed by atoms with E-state index in [9.17, 15) is 0 Å². The summed E-state index contributed by atoms with van der Waals surface area (Å²) in [5, 5.41) is 6.29. The number of benzene rings is 2. The van der Waals surface area contributed by atoms with Crippen molar-refractivity contribution >= 4 is 16.5 Å². The quantitative estimate of drug-likeness (QED) is 0.663. The summed E-state index contributed by atoms with van der Waals surface area (Å²) in [6.07, 6.45) is 0. The van der Waals surface area contributed by atoms with Crippen molar-refractivity contribution in [3.63, 3.8) is 0 Å². The maximum Gasteiger partial charge on any atom is 0.165 e. The van der Waals surface area contributed by atoms with Gasteiger partial charge in [0.05, 0.1) is 11.3 Å². The molecule has 0 saturated heterocycles. The maximum atomic E-state index is 5.94. The number of fused-ring (bicyclic) bond motifs is 1. The van der Waals surface area contributed by atoms with Crippen LogP contribution in [0.25, 0.3) is 10.8 Å². The van der Waals surface area contributed by atoms with E-state index in [1.54, 1.807) is 0 Å². The molecule has 94 valence electrons. The molecular formula is C15H18N2O. The van der Waals surface area contributed by atoms with Crippen LogP contribution in [-0.4, -0.2) is 11.3 Å². The van der Waals surface area contributed by atoms with Gasteiger partial charge in [-0.1, -0.05) is 41.6 Å². The Morgan fingerprint density at radius 1 is 1.11 bits per heavy atom. The van der Waals surface area contributed by atoms with Crippen molar-refractivity contribution in [2.45, 2.75) is 26.3 Å². The second-order valence-electron chi connectivity index (χ2n) is 4.97. The van der Waals surface area contributed by atoms with Gasteiger partial charge >= 0.3 is 0 Å². The first-order valence-electron chi connectivity index (χ1n) is 5.97. The van der Waals surface area contributed by atoms with Gasteiger partial charge in [0.15, 0.2) is 5.75 Å². The lowest BCUT2D eigenvalue weighted by atomic mass is 10.0. The highest BCUT2D eigenvalue weighted by atomic mass is 16.6. The minimum Gasteiger partial charge on any atom is -0.356 e. The standard InChI is InChI=1S/C15H18N2O/c1-11(15(2,3)16)17-18-14-10-6-8-12-7-4-5-9-13(12)14/h4-10H,16H2,1-3H3. The van der Waals surface area contributed by atoms with E-state index < -0.39 is 5.54 Å². The summed E-state index contributed by atoms with van der Waals surface area (Å²) in [5.41, 5.74) is 6.24. The smallest absolute Gasteiger partial charge is 0.165 e. The van der Waals surface area contributed by atoms with Crippen LogP contribution in [0.1, 0.15) is 20.8 Å². The van der Waals surface area contributed by atoms with Gasteiger partial charge in [-0.3, -0.25) is 0 Å². The van der Waals surface area contributed by atoms with Gasteiger partial charge in [-0.25, -0.2) is 0 Å². The second kappa shape index (κ2) is 4.78. The minimum atomic E-state index is -0.468. The van der Waals surface area contributed by atoms with E-state index in [0.717, 1.165) is 22.2 Å². The lowest BCUT2D eigenvalue weighted by Gasteiger charge is -2.17. The summed E-state index contributed by atoms with van der Waals surface area (Å²) >= 11 is 0. The highest BCUT2D eigenvalue weighted by Crippen LogP contribution is 2.25. The summed E-state index contributed by atoms with van der Waals surface area (Å²) < 4.78 is 0. The molecule has 0 atom stereocenters. The monoisotopic (exact) mass is 242 g/mol. The molecule has 3 nitrogen and oxygen atoms in total. The molecule has 2 N–H and O–H groups in total. The van der Waals surface area contributed by atoms with Crippen molar-refractivity contribution in [1.82, 2.24) is 0 Å². The molecule has 0 aliphatic rings. The Morgan fingerprint density at radius 2 is 1.78 bits per heavy atom. The molecule has 0 heterocycles. The van der Waals surface area contributed by atoms with E-state index in [1.807, 2.05) is 63.2 Å². The Morgan fingerprint density at radius 3 is 2.50 bits per heavy atom. The fraction of sp³-hybridized carbons (Fsp3) is 0.267. The van der Waals surface area contributed by atoms with Crippen molar-refractivity contribution in [3.8, 4) is 5.75 Å². The zero-order valence-corrected chi connectivity index (χ0v) is 11.0. The molecule has 3 heteroatoms. The van der Waals surface area contributed by atoms with E-state index in [2.05, 4.69) is 5.16 Å². The molecule has 0 bridgehead atoms. The molecule has 0 fully saturated rings. The van der Waals surface area contributed by atoms with Crippen LogP contribution in [0.5, 0.6) is 5.75 Å². The van der Waals surface area contributed by atoms with Crippen LogP contribution >= 0.6 is 0 Å². The molecule has 2 aromatic rings. The van der Waals surface area contributed by atoms with E-state index >= 15 is 0 Å². The van der Waals surface area contributed by atoms with Crippen molar-refractivity contribution in [3.05, 3.63) is 42.5 Å². The second-order valence-corrected chi connectivity index (χ2v) is 4.97. The molecule has 0 radical (unpaired) electrons. The molecule has 0 saturated carbocycles. The third-order valence-electron chi connectivity index (χ3n) is 2.96. The molecule has 18 heavy (non-hydrogen) atoms. The average molecular weight is 242 g/mol. The molecular weight excluding hydrogens is 224 g/mol. The first-order chi connectivity index (χ1) is 8.48. The third-order valence-corrected chi connectivity index (χ3v) is 2.96. The molecule has 0 spiro atoms. The number of oxime groups is 1. The summed E-state index contributed by atoms with van der Waals surface area (Å²) in [4.78, 5) is 5.52. The average Bonchev–Trinajstić information content (AvgIpc) is 2.34. The highest BCUT2D eigenvalue weighted by molar-refractivity contribution is 5.91. The van der Waals surface area contributed by atoms with E-state index in [1.165, 1.54) is 0 Å². The van der Waals surface area contributed by atoms with Gasteiger partial charge in [0.2, 0.25) is 0 Å². The van der Waals surface area contributed by atoms with Crippen molar-refractivity contribution in [1.29, 1.82) is 0 Å². The van der Waals surface area contributed by atoms with Gasteiger partial charge in [0.25, 0.3) is 0 Å². The molecule has 0 aromatic heterocycles. The maximum absolute atomic E-state index is 5.94. The molecule has 0 unspecified atom stereocenters. The topological polar surface area (TPSA) is 47.6 Å². The summed E-state index contributed by atoms with van der Waals surface area (Å²) in [7, 11) is 0. The predicted octanol–water partition coefficient (Wildman–Crippen LogP) is 3.33. The van der Waals surface area contributed by atoms with Crippen LogP contribution in [0.3, 0.4) is 0 Å². The van der Waals surface area contributed by atoms with Crippen LogP contribution in [0.15, 0.2) is 47.6 Å². The number of nitrogens with two attached hydrogens (primary N) is 1. The Bertz CT molecular complexity index is 577. The zero-order chi connectivity index (χ0) is 13.2. The van der Waals surface area contributed by atoms with Crippen LogP contribution in [0.2, 0.25) is 0 Å². The van der Waals surface area contributed by atoms with Gasteiger partial charge in [-0.2, -0.15) is 0 Å². The van der Waals surface area contributed by atoms with Gasteiger partial charge in [-0.15, -0.1) is 0 Å². The SMILES string of the molecule is CC(=NOc1cccc2ccccc12)C(C)(C)N. The largest absolute Gasteiger partial charge is 0.356 e. The van der Waals surface area contributed by atoms with Crippen molar-refractivity contribution in [2.75, 3.05) is 0 Å². The fourth-order valence-corrected chi connectivity index (χ4v) is 1.51. The molecule has 2 aromatic carbocycles. The molecule has 0 aliphatic heterocycles. The van der Waals surface area contributed by atoms with Crippen LogP contribution < -0.4 is 10.6 Å². The van der Waals surface area contributed by atoms with E-state index in [0.29, 0.717) is 0 Å². The summed E-state index contributed by atoms with van der Waals surface area (Å²) in [6, 6.07) is 14.0. The van der Waals surface area contributed by atoms with Gasteiger partial charge in [-0.05, 0) is 32.2 Å². The lowest BCUT2D eigenvalue weighted by Crippen LogP contribution is -2.40. The van der Waals surface area contributed by atoms with Crippen molar-refractivity contribution in [2.24, 2.45) is 10.9 Å². The summed E-state index contributed by atoms with van der Waals surface area (Å²) in [5.74, 6) is 0.747. The normalized spacial score (nSPS) is 12.8. The number of hydrogen-bond donors (Lipinski definition) is 1. The fourth-order valence-electron chi connectivity index (χ4n) is 1.51. The van der Waals surface area contributed by atoms with Crippen molar-refractivity contribution < 1.29 is 4.84 Å². The van der Waals surface area contributed by atoms with E-state index in [4.69, 9.17) is 10.6 Å². The number of rotatable bonds is 3. The van der Waals surface area contributed by atoms with E-state index in [-0.39, 0.29) is 0 Å². The molecule has 0 amide bonds. The Hall–Kier alpha value is -1.87. The van der Waals surface area contributed by atoms with Crippen LogP contribution in [0, 0.1) is 0 Å². The van der Waals surface area contributed by atoms with Crippen LogP contribution in [-0.2, 0) is 0 Å². The minimum absolute atomic E-state index is 0.468. The predicted molar refractivity (Wildman–Crippen MR) is 76.0 cm³/mol. The summed E-state index contributed by atoms with van der Waals surface area (Å²) in [6.45, 7) is 5.67. The van der Waals surface area contributed by atoms with Gasteiger partial charge in [0.1, 0.15) is 0 Å². The zero-order valence-electron chi connectivity index (χ0n) is 11.0. The Kier molecular flexibility index (Phi) is 3.34. The first kappa shape index (κ1) is 12.6. The Labute approximate surface area is 107 Å². The molecule has 2 rings (SSSR count). The lowest BCUT2D eigenvalue weighted by molar-refractivity contribution is 0.340. The first-order valence-corrected chi connectivity index (χ1v) is 5.97. The number of nitrogens with zero attached hydrogens (tertiary/aromatic N) is 1. The number of hydrogen-bond acceptors (Lipinski definition) is 3. The third kappa shape index (κ3) is 2.68. The van der Waals surface area contributed by atoms with Crippen LogP contribution in [0.4, 0.5) is 0 Å². The Balaban J connectivity index is 2.33.